The van der Waals surface area contributed by atoms with E-state index in [1.165, 1.54) is 11.1 Å². The van der Waals surface area contributed by atoms with Crippen LogP contribution in [0.2, 0.25) is 0 Å². The Kier molecular flexibility index (Phi) is 4.36. The van der Waals surface area contributed by atoms with E-state index in [9.17, 15) is 0 Å². The minimum Gasteiger partial charge on any atom is -0.379 e. The minimum atomic E-state index is 0.839. The minimum absolute atomic E-state index is 0.839. The summed E-state index contributed by atoms with van der Waals surface area (Å²) in [5.41, 5.74) is 4.58. The van der Waals surface area contributed by atoms with E-state index >= 15 is 0 Å². The van der Waals surface area contributed by atoms with Gasteiger partial charge in [-0.3, -0.25) is 9.88 Å². The highest BCUT2D eigenvalue weighted by Crippen LogP contribution is 2.21. The van der Waals surface area contributed by atoms with Gasteiger partial charge in [0.05, 0.1) is 31.3 Å². The highest BCUT2D eigenvalue weighted by Gasteiger charge is 2.11. The van der Waals surface area contributed by atoms with Crippen molar-refractivity contribution in [3.8, 4) is 16.8 Å². The van der Waals surface area contributed by atoms with E-state index in [1.807, 2.05) is 35.4 Å². The molecule has 1 fully saturated rings. The van der Waals surface area contributed by atoms with Crippen LogP contribution in [0.15, 0.2) is 61.2 Å². The van der Waals surface area contributed by atoms with Gasteiger partial charge in [-0.1, -0.05) is 24.3 Å². The van der Waals surface area contributed by atoms with Crippen LogP contribution in [-0.4, -0.2) is 46.0 Å². The van der Waals surface area contributed by atoms with E-state index in [0.29, 0.717) is 0 Å². The van der Waals surface area contributed by atoms with Gasteiger partial charge < -0.3 is 4.74 Å². The monoisotopic (exact) mass is 320 g/mol. The Hall–Kier alpha value is -2.50. The highest BCUT2D eigenvalue weighted by atomic mass is 16.5. The number of pyridine rings is 1. The zero-order valence-corrected chi connectivity index (χ0v) is 13.5. The maximum atomic E-state index is 5.40. The summed E-state index contributed by atoms with van der Waals surface area (Å²) in [6.07, 6.45) is 7.50. The third-order valence-electron chi connectivity index (χ3n) is 4.29. The average molecular weight is 320 g/mol. The summed E-state index contributed by atoms with van der Waals surface area (Å²) in [7, 11) is 0. The fourth-order valence-corrected chi connectivity index (χ4v) is 2.92. The molecule has 0 bridgehead atoms. The molecule has 0 amide bonds. The van der Waals surface area contributed by atoms with Gasteiger partial charge in [0.2, 0.25) is 0 Å². The molecule has 24 heavy (non-hydrogen) atoms. The Labute approximate surface area is 141 Å². The second-order valence-electron chi connectivity index (χ2n) is 5.97. The van der Waals surface area contributed by atoms with Crippen molar-refractivity contribution < 1.29 is 4.74 Å². The number of aromatic nitrogens is 3. The van der Waals surface area contributed by atoms with E-state index in [2.05, 4.69) is 39.2 Å². The average Bonchev–Trinajstić information content (AvgIpc) is 3.14. The summed E-state index contributed by atoms with van der Waals surface area (Å²) in [5, 5.41) is 4.43. The predicted octanol–water partition coefficient (Wildman–Crippen LogP) is 2.77. The van der Waals surface area contributed by atoms with Crippen molar-refractivity contribution in [2.24, 2.45) is 0 Å². The summed E-state index contributed by atoms with van der Waals surface area (Å²) < 4.78 is 7.25. The second-order valence-corrected chi connectivity index (χ2v) is 5.97. The van der Waals surface area contributed by atoms with Crippen LogP contribution in [0.3, 0.4) is 0 Å². The fourth-order valence-electron chi connectivity index (χ4n) is 2.92. The molecular formula is C19H20N4O. The Balaban J connectivity index is 1.48. The molecular weight excluding hydrogens is 300 g/mol. The smallest absolute Gasteiger partial charge is 0.0828 e. The summed E-state index contributed by atoms with van der Waals surface area (Å²) in [6.45, 7) is 4.69. The van der Waals surface area contributed by atoms with Crippen LogP contribution in [0.4, 0.5) is 0 Å². The molecule has 0 spiro atoms. The molecule has 122 valence electrons. The van der Waals surface area contributed by atoms with Gasteiger partial charge in [-0.15, -0.1) is 0 Å². The fraction of sp³-hybridized carbons (Fsp3) is 0.263. The van der Waals surface area contributed by atoms with Crippen LogP contribution in [0.1, 0.15) is 5.56 Å². The highest BCUT2D eigenvalue weighted by molar-refractivity contribution is 5.62. The van der Waals surface area contributed by atoms with Crippen molar-refractivity contribution in [2.45, 2.75) is 6.54 Å². The van der Waals surface area contributed by atoms with Gasteiger partial charge in [0.15, 0.2) is 0 Å². The molecule has 1 aliphatic heterocycles. The molecule has 0 N–H and O–H groups in total. The first-order chi connectivity index (χ1) is 11.9. The van der Waals surface area contributed by atoms with E-state index in [-0.39, 0.29) is 0 Å². The molecule has 5 heteroatoms. The number of ether oxygens (including phenoxy) is 1. The predicted molar refractivity (Wildman–Crippen MR) is 92.9 cm³/mol. The lowest BCUT2D eigenvalue weighted by Gasteiger charge is -2.26. The molecule has 0 atom stereocenters. The molecule has 0 unspecified atom stereocenters. The Bertz CT molecular complexity index is 777. The molecule has 3 aromatic rings. The van der Waals surface area contributed by atoms with E-state index in [0.717, 1.165) is 44.1 Å². The molecule has 5 nitrogen and oxygen atoms in total. The lowest BCUT2D eigenvalue weighted by molar-refractivity contribution is 0.0342. The van der Waals surface area contributed by atoms with Crippen LogP contribution in [0, 0.1) is 0 Å². The number of hydrogen-bond donors (Lipinski definition) is 0. The first-order valence-corrected chi connectivity index (χ1v) is 8.23. The van der Waals surface area contributed by atoms with Crippen molar-refractivity contribution >= 4 is 0 Å². The molecule has 0 saturated carbocycles. The lowest BCUT2D eigenvalue weighted by atomic mass is 10.1. The van der Waals surface area contributed by atoms with Crippen molar-refractivity contribution in [1.82, 2.24) is 19.7 Å². The summed E-state index contributed by atoms with van der Waals surface area (Å²) in [6, 6.07) is 12.6. The topological polar surface area (TPSA) is 43.2 Å². The van der Waals surface area contributed by atoms with Gasteiger partial charge in [-0.25, -0.2) is 4.68 Å². The van der Waals surface area contributed by atoms with Crippen LogP contribution in [0.25, 0.3) is 16.8 Å². The summed E-state index contributed by atoms with van der Waals surface area (Å²) in [4.78, 5) is 6.57. The van der Waals surface area contributed by atoms with Crippen LogP contribution in [-0.2, 0) is 11.3 Å². The first-order valence-electron chi connectivity index (χ1n) is 8.23. The summed E-state index contributed by atoms with van der Waals surface area (Å²) in [5.74, 6) is 0. The molecule has 0 aliphatic carbocycles. The van der Waals surface area contributed by atoms with Gasteiger partial charge in [0.1, 0.15) is 0 Å². The van der Waals surface area contributed by atoms with Gasteiger partial charge in [-0.05, 0) is 23.3 Å². The van der Waals surface area contributed by atoms with E-state index in [4.69, 9.17) is 4.74 Å². The molecule has 1 saturated heterocycles. The van der Waals surface area contributed by atoms with Gasteiger partial charge in [0.25, 0.3) is 0 Å². The first kappa shape index (κ1) is 15.1. The number of hydrogen-bond acceptors (Lipinski definition) is 4. The maximum absolute atomic E-state index is 5.40. The lowest BCUT2D eigenvalue weighted by Crippen LogP contribution is -2.35. The van der Waals surface area contributed by atoms with E-state index < -0.39 is 0 Å². The van der Waals surface area contributed by atoms with Crippen molar-refractivity contribution in [3.63, 3.8) is 0 Å². The van der Waals surface area contributed by atoms with Crippen molar-refractivity contribution in [2.75, 3.05) is 26.3 Å². The molecule has 1 aliphatic rings. The zero-order valence-electron chi connectivity index (χ0n) is 13.5. The zero-order chi connectivity index (χ0) is 16.2. The number of nitrogens with zero attached hydrogens (tertiary/aromatic N) is 4. The number of benzene rings is 1. The molecule has 0 radical (unpaired) electrons. The number of morpholine rings is 1. The molecule has 4 rings (SSSR count). The van der Waals surface area contributed by atoms with Crippen LogP contribution < -0.4 is 0 Å². The van der Waals surface area contributed by atoms with Crippen molar-refractivity contribution in [1.29, 1.82) is 0 Å². The molecule has 1 aromatic carbocycles. The largest absolute Gasteiger partial charge is 0.379 e. The maximum Gasteiger partial charge on any atom is 0.0828 e. The number of rotatable bonds is 4. The van der Waals surface area contributed by atoms with Gasteiger partial charge in [-0.2, -0.15) is 5.10 Å². The van der Waals surface area contributed by atoms with Crippen LogP contribution >= 0.6 is 0 Å². The Morgan fingerprint density at radius 2 is 1.79 bits per heavy atom. The van der Waals surface area contributed by atoms with Crippen molar-refractivity contribution in [3.05, 3.63) is 66.7 Å². The SMILES string of the molecule is c1cncc(-n2cc(-c3ccc(CN4CCOCC4)cc3)cn2)c1. The third-order valence-corrected chi connectivity index (χ3v) is 4.29. The standard InChI is InChI=1S/C19H20N4O/c1-2-19(13-20-7-1)23-15-18(12-21-23)17-5-3-16(4-6-17)14-22-8-10-24-11-9-22/h1-7,12-13,15H,8-11,14H2. The Morgan fingerprint density at radius 1 is 0.958 bits per heavy atom. The van der Waals surface area contributed by atoms with E-state index in [1.54, 1.807) is 6.20 Å². The third kappa shape index (κ3) is 3.37. The second kappa shape index (κ2) is 6.95. The summed E-state index contributed by atoms with van der Waals surface area (Å²) >= 11 is 0. The van der Waals surface area contributed by atoms with Gasteiger partial charge >= 0.3 is 0 Å². The van der Waals surface area contributed by atoms with Gasteiger partial charge in [0, 0.05) is 37.6 Å². The van der Waals surface area contributed by atoms with Crippen LogP contribution in [0.5, 0.6) is 0 Å². The quantitative estimate of drug-likeness (QED) is 0.741. The molecule has 3 heterocycles. The normalized spacial score (nSPS) is 15.5. The Morgan fingerprint density at radius 3 is 2.54 bits per heavy atom. The molecule has 2 aromatic heterocycles.